The van der Waals surface area contributed by atoms with E-state index >= 15 is 0 Å². The Morgan fingerprint density at radius 1 is 0.983 bits per heavy atom. The first-order valence-corrected chi connectivity index (χ1v) is 19.3. The van der Waals surface area contributed by atoms with Crippen molar-refractivity contribution in [2.24, 2.45) is 17.3 Å². The number of methoxy groups -OCH3 is 1. The fraction of sp³-hybridized carbons (Fsp3) is 0.415. The molecule has 4 amide bonds. The maximum absolute atomic E-state index is 13.7. The highest BCUT2D eigenvalue weighted by atomic mass is 35.5. The molecule has 1 aliphatic rings. The molecular formula is C41H48ClF3N8O6. The lowest BCUT2D eigenvalue weighted by molar-refractivity contribution is -0.274. The van der Waals surface area contributed by atoms with Gasteiger partial charge in [0.05, 0.1) is 41.3 Å². The number of aromatic nitrogens is 3. The number of halogens is 4. The molecule has 5 N–H and O–H groups in total. The van der Waals surface area contributed by atoms with Crippen LogP contribution in [0.5, 0.6) is 5.75 Å². The van der Waals surface area contributed by atoms with Gasteiger partial charge in [0.15, 0.2) is 0 Å². The molecule has 0 unspecified atom stereocenters. The van der Waals surface area contributed by atoms with E-state index in [9.17, 15) is 32.3 Å². The summed E-state index contributed by atoms with van der Waals surface area (Å²) < 4.78 is 50.2. The fourth-order valence-electron chi connectivity index (χ4n) is 6.45. The molecular weight excluding hydrogens is 793 g/mol. The molecule has 1 aliphatic heterocycles. The number of alkyl carbamates (subject to hydrolysis) is 1. The van der Waals surface area contributed by atoms with E-state index in [2.05, 4.69) is 41.0 Å². The van der Waals surface area contributed by atoms with Crippen molar-refractivity contribution < 1.29 is 41.8 Å². The topological polar surface area (TPSA) is 180 Å². The molecule has 1 fully saturated rings. The summed E-state index contributed by atoms with van der Waals surface area (Å²) >= 11 is 6.53. The van der Waals surface area contributed by atoms with Gasteiger partial charge in [-0.2, -0.15) is 0 Å². The number of likely N-dealkylation sites (tertiary alicyclic amines) is 1. The molecule has 18 heteroatoms. The minimum atomic E-state index is -5.06. The number of aromatic amines is 1. The van der Waals surface area contributed by atoms with Crippen LogP contribution in [0.25, 0.3) is 22.4 Å². The highest BCUT2D eigenvalue weighted by molar-refractivity contribution is 6.34. The van der Waals surface area contributed by atoms with Crippen molar-refractivity contribution in [1.29, 1.82) is 0 Å². The molecule has 3 atom stereocenters. The summed E-state index contributed by atoms with van der Waals surface area (Å²) in [7, 11) is 1.23. The first kappa shape index (κ1) is 44.3. The number of nitrogens with one attached hydrogen (secondary N) is 5. The van der Waals surface area contributed by atoms with Crippen LogP contribution in [0.4, 0.5) is 29.5 Å². The Balaban J connectivity index is 1.30. The van der Waals surface area contributed by atoms with Gasteiger partial charge in [-0.25, -0.2) is 14.8 Å². The molecule has 3 heterocycles. The molecule has 2 aromatic heterocycles. The lowest BCUT2D eigenvalue weighted by Crippen LogP contribution is -2.51. The van der Waals surface area contributed by atoms with Crippen LogP contribution in [0.2, 0.25) is 5.02 Å². The smallest absolute Gasteiger partial charge is 0.453 e. The third-order valence-electron chi connectivity index (χ3n) is 9.57. The van der Waals surface area contributed by atoms with Gasteiger partial charge in [-0.05, 0) is 47.6 Å². The van der Waals surface area contributed by atoms with Gasteiger partial charge >= 0.3 is 12.5 Å². The van der Waals surface area contributed by atoms with Crippen molar-refractivity contribution in [3.8, 4) is 28.1 Å². The predicted octanol–water partition coefficient (Wildman–Crippen LogP) is 7.81. The summed E-state index contributed by atoms with van der Waals surface area (Å²) in [5, 5.41) is 11.0. The maximum Gasteiger partial charge on any atom is 0.573 e. The van der Waals surface area contributed by atoms with Crippen LogP contribution < -0.4 is 26.0 Å². The van der Waals surface area contributed by atoms with Gasteiger partial charge in [-0.3, -0.25) is 14.4 Å². The molecule has 0 bridgehead atoms. The molecule has 59 heavy (non-hydrogen) atoms. The Morgan fingerprint density at radius 2 is 1.68 bits per heavy atom. The molecule has 0 saturated carbocycles. The number of carbonyl (C=O) groups is 4. The molecule has 5 rings (SSSR count). The van der Waals surface area contributed by atoms with Gasteiger partial charge in [-0.15, -0.1) is 13.2 Å². The number of ether oxygens (including phenoxy) is 2. The van der Waals surface area contributed by atoms with E-state index < -0.39 is 35.6 Å². The van der Waals surface area contributed by atoms with Gasteiger partial charge in [0.25, 0.3) is 5.91 Å². The molecule has 4 aromatic rings. The van der Waals surface area contributed by atoms with E-state index in [0.29, 0.717) is 54.5 Å². The van der Waals surface area contributed by atoms with Gasteiger partial charge in [0.1, 0.15) is 23.4 Å². The molecule has 0 spiro atoms. The van der Waals surface area contributed by atoms with Crippen molar-refractivity contribution in [3.63, 3.8) is 0 Å². The summed E-state index contributed by atoms with van der Waals surface area (Å²) in [5.41, 5.74) is 1.11. The average Bonchev–Trinajstić information content (AvgIpc) is 3.82. The van der Waals surface area contributed by atoms with E-state index in [1.807, 2.05) is 41.5 Å². The maximum atomic E-state index is 13.7. The van der Waals surface area contributed by atoms with Crippen molar-refractivity contribution in [2.75, 3.05) is 37.4 Å². The summed E-state index contributed by atoms with van der Waals surface area (Å²) in [6.45, 7) is 12.3. The molecule has 0 aliphatic carbocycles. The Hall–Kier alpha value is -5.84. The number of imidazole rings is 1. The van der Waals surface area contributed by atoms with Crippen LogP contribution >= 0.6 is 11.6 Å². The molecule has 1 saturated heterocycles. The van der Waals surface area contributed by atoms with Crippen molar-refractivity contribution in [3.05, 3.63) is 77.3 Å². The number of anilines is 2. The minimum Gasteiger partial charge on any atom is -0.453 e. The van der Waals surface area contributed by atoms with Crippen LogP contribution in [0, 0.1) is 17.3 Å². The number of hydrogen-bond acceptors (Lipinski definition) is 9. The quantitative estimate of drug-likeness (QED) is 0.0840. The van der Waals surface area contributed by atoms with E-state index in [0.717, 1.165) is 6.07 Å². The van der Waals surface area contributed by atoms with Crippen molar-refractivity contribution >= 4 is 46.9 Å². The second-order valence-corrected chi connectivity index (χ2v) is 16.1. The standard InChI is InChI=1S/C41H48ClF3N8O6/c1-22(2)34(52-39(57)58-7)37(55)53-21-23(3)16-31(53)35-49-20-30(50-35)25-10-8-24(9-11-25)27-17-28(42)29(18-32(27)59-41(43,44)45)51-36(54)26-12-13-33(48-19-26)46-14-15-47-38(56)40(4,5)6/h8-13,17-20,22-23,31,34H,14-16,21H2,1-7H3,(H,46,48)(H,47,56)(H,49,50)(H,51,54)(H,52,57)/t23-,31-,34-/m0/s1. The van der Waals surface area contributed by atoms with Gasteiger partial charge in [-0.1, -0.05) is 77.4 Å². The van der Waals surface area contributed by atoms with Gasteiger partial charge in [0, 0.05) is 42.9 Å². The summed E-state index contributed by atoms with van der Waals surface area (Å²) in [5.74, 6) is -0.649. The van der Waals surface area contributed by atoms with Crippen molar-refractivity contribution in [1.82, 2.24) is 30.5 Å². The number of H-pyrrole nitrogens is 1. The Labute approximate surface area is 345 Å². The number of alkyl halides is 3. The monoisotopic (exact) mass is 840 g/mol. The number of amides is 4. The molecule has 316 valence electrons. The normalized spacial score (nSPS) is 16.0. The highest BCUT2D eigenvalue weighted by Gasteiger charge is 2.40. The van der Waals surface area contributed by atoms with E-state index in [1.54, 1.807) is 41.4 Å². The van der Waals surface area contributed by atoms with Crippen LogP contribution in [-0.2, 0) is 14.3 Å². The minimum absolute atomic E-state index is 0.0207. The van der Waals surface area contributed by atoms with Crippen LogP contribution in [0.1, 0.15) is 70.2 Å². The lowest BCUT2D eigenvalue weighted by Gasteiger charge is -2.30. The Morgan fingerprint density at radius 3 is 2.29 bits per heavy atom. The second kappa shape index (κ2) is 18.4. The third kappa shape index (κ3) is 11.4. The third-order valence-corrected chi connectivity index (χ3v) is 9.88. The lowest BCUT2D eigenvalue weighted by atomic mass is 9.96. The largest absolute Gasteiger partial charge is 0.573 e. The average molecular weight is 841 g/mol. The van der Waals surface area contributed by atoms with Gasteiger partial charge < -0.3 is 40.6 Å². The van der Waals surface area contributed by atoms with E-state index in [1.165, 1.54) is 25.4 Å². The number of benzene rings is 2. The molecule has 14 nitrogen and oxygen atoms in total. The van der Waals surface area contributed by atoms with Crippen LogP contribution in [0.3, 0.4) is 0 Å². The second-order valence-electron chi connectivity index (χ2n) is 15.7. The first-order valence-electron chi connectivity index (χ1n) is 18.9. The Kier molecular flexibility index (Phi) is 13.8. The number of nitrogens with zero attached hydrogens (tertiary/aromatic N) is 3. The summed E-state index contributed by atoms with van der Waals surface area (Å²) in [6, 6.07) is 10.7. The number of carbonyl (C=O) groups excluding carboxylic acids is 4. The zero-order chi connectivity index (χ0) is 43.2. The predicted molar refractivity (Wildman–Crippen MR) is 217 cm³/mol. The zero-order valence-corrected chi connectivity index (χ0v) is 34.5. The number of pyridine rings is 1. The fourth-order valence-corrected chi connectivity index (χ4v) is 6.66. The summed E-state index contributed by atoms with van der Waals surface area (Å²) in [6.07, 6.45) is -2.21. The number of hydrogen-bond donors (Lipinski definition) is 5. The Bertz CT molecular complexity index is 2140. The van der Waals surface area contributed by atoms with Crippen molar-refractivity contribution in [2.45, 2.75) is 66.4 Å². The van der Waals surface area contributed by atoms with Crippen LogP contribution in [0.15, 0.2) is 60.9 Å². The SMILES string of the molecule is COC(=O)N[C@H](C(=O)N1C[C@@H](C)C[C@H]1c1ncc(-c2ccc(-c3cc(Cl)c(NC(=O)c4ccc(NCCNC(=O)C(C)(C)C)nc4)cc3OC(F)(F)F)cc2)[nH]1)C(C)C. The van der Waals surface area contributed by atoms with Gasteiger partial charge in [0.2, 0.25) is 11.8 Å². The molecule has 0 radical (unpaired) electrons. The first-order chi connectivity index (χ1) is 27.7. The summed E-state index contributed by atoms with van der Waals surface area (Å²) in [4.78, 5) is 64.6. The van der Waals surface area contributed by atoms with Crippen LogP contribution in [-0.4, -0.2) is 82.8 Å². The van der Waals surface area contributed by atoms with E-state index in [-0.39, 0.29) is 51.5 Å². The zero-order valence-electron chi connectivity index (χ0n) is 33.7. The molecule has 2 aromatic carbocycles. The highest BCUT2D eigenvalue weighted by Crippen LogP contribution is 2.41. The number of rotatable bonds is 13. The van der Waals surface area contributed by atoms with E-state index in [4.69, 9.17) is 16.3 Å².